The van der Waals surface area contributed by atoms with Gasteiger partial charge in [0.25, 0.3) is 5.91 Å². The fourth-order valence-electron chi connectivity index (χ4n) is 3.01. The summed E-state index contributed by atoms with van der Waals surface area (Å²) in [5.74, 6) is -0.265. The van der Waals surface area contributed by atoms with Crippen LogP contribution in [-0.2, 0) is 15.2 Å². The molecule has 24 heavy (non-hydrogen) atoms. The molecule has 1 N–H and O–H groups in total. The second kappa shape index (κ2) is 6.09. The maximum atomic E-state index is 12.8. The highest BCUT2D eigenvalue weighted by Crippen LogP contribution is 2.43. The topological polar surface area (TPSA) is 70.8 Å². The summed E-state index contributed by atoms with van der Waals surface area (Å²) in [6.07, 6.45) is 4.06. The molecule has 5 heteroatoms. The van der Waals surface area contributed by atoms with Crippen LogP contribution in [0, 0.1) is 0 Å². The Morgan fingerprint density at radius 3 is 2.71 bits per heavy atom. The van der Waals surface area contributed by atoms with E-state index in [0.29, 0.717) is 17.0 Å². The van der Waals surface area contributed by atoms with Crippen LogP contribution in [0.3, 0.4) is 0 Å². The molecule has 1 aromatic carbocycles. The molecule has 124 valence electrons. The number of hydrogen-bond donors (Lipinski definition) is 1. The van der Waals surface area contributed by atoms with Gasteiger partial charge >= 0.3 is 0 Å². The van der Waals surface area contributed by atoms with E-state index in [1.165, 1.54) is 18.4 Å². The Kier molecular flexibility index (Phi) is 4.11. The molecule has 1 amide bonds. The summed E-state index contributed by atoms with van der Waals surface area (Å²) in [6.45, 7) is 3.75. The monoisotopic (exact) mass is 325 g/mol. The van der Waals surface area contributed by atoms with Crippen molar-refractivity contribution in [1.82, 2.24) is 0 Å². The molecule has 0 saturated heterocycles. The Hall–Kier alpha value is -2.66. The third-order valence-electron chi connectivity index (χ3n) is 4.10. The highest BCUT2D eigenvalue weighted by molar-refractivity contribution is 6.10. The molecular weight excluding hydrogens is 306 g/mol. The molecule has 0 bridgehead atoms. The number of nitrogens with zero attached hydrogens (tertiary/aromatic N) is 1. The number of anilines is 1. The van der Waals surface area contributed by atoms with Gasteiger partial charge in [0.05, 0.1) is 18.4 Å². The second-order valence-corrected chi connectivity index (χ2v) is 6.14. The van der Waals surface area contributed by atoms with Crippen LogP contribution in [-0.4, -0.2) is 22.8 Å². The number of carbonyl (C=O) groups excluding carboxylic acids is 2. The zero-order valence-electron chi connectivity index (χ0n) is 13.6. The zero-order chi connectivity index (χ0) is 17.3. The van der Waals surface area contributed by atoms with Crippen molar-refractivity contribution in [2.75, 3.05) is 4.90 Å². The largest absolute Gasteiger partial charge is 0.465 e. The summed E-state index contributed by atoms with van der Waals surface area (Å²) in [5.41, 5.74) is -0.697. The van der Waals surface area contributed by atoms with Gasteiger partial charge in [0, 0.05) is 11.6 Å². The first-order chi connectivity index (χ1) is 11.4. The van der Waals surface area contributed by atoms with E-state index in [4.69, 9.17) is 4.42 Å². The van der Waals surface area contributed by atoms with Gasteiger partial charge in [0.15, 0.2) is 11.4 Å². The Morgan fingerprint density at radius 2 is 2.04 bits per heavy atom. The molecule has 0 radical (unpaired) electrons. The molecule has 2 heterocycles. The molecule has 5 nitrogen and oxygen atoms in total. The Bertz CT molecular complexity index is 791. The van der Waals surface area contributed by atoms with Gasteiger partial charge in [0.2, 0.25) is 0 Å². The van der Waals surface area contributed by atoms with E-state index in [1.54, 1.807) is 35.2 Å². The number of benzene rings is 1. The molecular formula is C19H19NO4. The molecule has 3 rings (SSSR count). The van der Waals surface area contributed by atoms with E-state index in [-0.39, 0.29) is 18.2 Å². The normalized spacial score (nSPS) is 20.2. The van der Waals surface area contributed by atoms with E-state index in [2.05, 4.69) is 0 Å². The van der Waals surface area contributed by atoms with Crippen molar-refractivity contribution >= 4 is 23.5 Å². The summed E-state index contributed by atoms with van der Waals surface area (Å²) >= 11 is 0. The number of ketones is 1. The van der Waals surface area contributed by atoms with Crippen LogP contribution in [0.1, 0.15) is 31.6 Å². The zero-order valence-corrected chi connectivity index (χ0v) is 13.6. The van der Waals surface area contributed by atoms with Crippen LogP contribution in [0.5, 0.6) is 0 Å². The van der Waals surface area contributed by atoms with Gasteiger partial charge in [-0.15, -0.1) is 0 Å². The van der Waals surface area contributed by atoms with Gasteiger partial charge < -0.3 is 14.4 Å². The summed E-state index contributed by atoms with van der Waals surface area (Å²) < 4.78 is 5.13. The van der Waals surface area contributed by atoms with Crippen LogP contribution in [0.4, 0.5) is 5.69 Å². The van der Waals surface area contributed by atoms with Crippen molar-refractivity contribution in [3.63, 3.8) is 0 Å². The van der Waals surface area contributed by atoms with Crippen molar-refractivity contribution < 1.29 is 19.1 Å². The van der Waals surface area contributed by atoms with E-state index in [1.807, 2.05) is 19.9 Å². The molecule has 0 saturated carbocycles. The van der Waals surface area contributed by atoms with Crippen LogP contribution >= 0.6 is 0 Å². The number of fused-ring (bicyclic) bond motifs is 1. The SMILES string of the molecule is CC(C)N1C(=O)[C@@](O)(CC(=O)/C=C/c2ccco2)c2ccccc21. The van der Waals surface area contributed by atoms with E-state index in [9.17, 15) is 14.7 Å². The van der Waals surface area contributed by atoms with Gasteiger partial charge in [-0.2, -0.15) is 0 Å². The fourth-order valence-corrected chi connectivity index (χ4v) is 3.01. The minimum Gasteiger partial charge on any atom is -0.465 e. The van der Waals surface area contributed by atoms with Gasteiger partial charge in [-0.1, -0.05) is 18.2 Å². The standard InChI is InChI=1S/C19H19NO4/c1-13(2)20-17-8-4-3-7-16(17)19(23,18(20)22)12-14(21)9-10-15-6-5-11-24-15/h3-11,13,23H,12H2,1-2H3/b10-9+/t19-/m1/s1. The summed E-state index contributed by atoms with van der Waals surface area (Å²) in [7, 11) is 0. The molecule has 0 aliphatic carbocycles. The lowest BCUT2D eigenvalue weighted by Gasteiger charge is -2.25. The predicted molar refractivity (Wildman–Crippen MR) is 90.3 cm³/mol. The number of aliphatic hydroxyl groups is 1. The minimum atomic E-state index is -1.83. The van der Waals surface area contributed by atoms with E-state index < -0.39 is 11.5 Å². The second-order valence-electron chi connectivity index (χ2n) is 6.14. The molecule has 0 fully saturated rings. The van der Waals surface area contributed by atoms with Gasteiger partial charge in [0.1, 0.15) is 5.76 Å². The van der Waals surface area contributed by atoms with Crippen LogP contribution in [0.25, 0.3) is 6.08 Å². The maximum absolute atomic E-state index is 12.8. The molecule has 0 spiro atoms. The van der Waals surface area contributed by atoms with Crippen molar-refractivity contribution in [1.29, 1.82) is 0 Å². The number of allylic oxidation sites excluding steroid dienone is 1. The third kappa shape index (κ3) is 2.67. The highest BCUT2D eigenvalue weighted by atomic mass is 16.3. The number of furan rings is 1. The van der Waals surface area contributed by atoms with Crippen molar-refractivity contribution in [2.24, 2.45) is 0 Å². The van der Waals surface area contributed by atoms with Crippen molar-refractivity contribution in [3.05, 3.63) is 60.1 Å². The predicted octanol–water partition coefficient (Wildman–Crippen LogP) is 2.89. The summed E-state index contributed by atoms with van der Waals surface area (Å²) in [4.78, 5) is 26.6. The quantitative estimate of drug-likeness (QED) is 0.858. The minimum absolute atomic E-state index is 0.110. The lowest BCUT2D eigenvalue weighted by atomic mass is 9.90. The fraction of sp³-hybridized carbons (Fsp3) is 0.263. The number of rotatable bonds is 5. The van der Waals surface area contributed by atoms with Crippen LogP contribution in [0.15, 0.2) is 53.2 Å². The van der Waals surface area contributed by atoms with Gasteiger partial charge in [-0.3, -0.25) is 9.59 Å². The summed E-state index contributed by atoms with van der Waals surface area (Å²) in [5, 5.41) is 11.0. The first kappa shape index (κ1) is 16.2. The molecule has 2 aromatic rings. The molecule has 1 aliphatic rings. The average molecular weight is 325 g/mol. The number of hydrogen-bond acceptors (Lipinski definition) is 4. The van der Waals surface area contributed by atoms with E-state index >= 15 is 0 Å². The van der Waals surface area contributed by atoms with E-state index in [0.717, 1.165) is 0 Å². The van der Waals surface area contributed by atoms with Crippen molar-refractivity contribution in [3.8, 4) is 0 Å². The Labute approximate surface area is 140 Å². The summed E-state index contributed by atoms with van der Waals surface area (Å²) in [6, 6.07) is 10.4. The molecule has 1 aliphatic heterocycles. The first-order valence-corrected chi connectivity index (χ1v) is 7.83. The number of carbonyl (C=O) groups is 2. The molecule has 1 atom stereocenters. The molecule has 0 unspecified atom stereocenters. The van der Waals surface area contributed by atoms with Crippen molar-refractivity contribution in [2.45, 2.75) is 31.9 Å². The highest BCUT2D eigenvalue weighted by Gasteiger charge is 2.51. The Balaban J connectivity index is 1.89. The maximum Gasteiger partial charge on any atom is 0.264 e. The van der Waals surface area contributed by atoms with Crippen LogP contribution < -0.4 is 4.90 Å². The lowest BCUT2D eigenvalue weighted by Crippen LogP contribution is -2.44. The van der Waals surface area contributed by atoms with Gasteiger partial charge in [-0.25, -0.2) is 0 Å². The number of para-hydroxylation sites is 1. The Morgan fingerprint density at radius 1 is 1.29 bits per heavy atom. The number of amides is 1. The average Bonchev–Trinajstić information content (AvgIpc) is 3.12. The lowest BCUT2D eigenvalue weighted by molar-refractivity contribution is -0.140. The first-order valence-electron chi connectivity index (χ1n) is 7.83. The van der Waals surface area contributed by atoms with Gasteiger partial charge in [-0.05, 0) is 44.2 Å². The molecule has 1 aromatic heterocycles. The third-order valence-corrected chi connectivity index (χ3v) is 4.10. The van der Waals surface area contributed by atoms with Crippen LogP contribution in [0.2, 0.25) is 0 Å². The smallest absolute Gasteiger partial charge is 0.264 e.